The first-order chi connectivity index (χ1) is 16.7. The smallest absolute Gasteiger partial charge is 0.274 e. The van der Waals surface area contributed by atoms with Crippen LogP contribution in [-0.2, 0) is 30.7 Å². The second-order valence-corrected chi connectivity index (χ2v) is 10.5. The maximum atomic E-state index is 13.2. The average Bonchev–Trinajstić information content (AvgIpc) is 3.37. The lowest BCUT2D eigenvalue weighted by atomic mass is 9.57. The SMILES string of the molecule is Cn1cnnc1CC1(c2cccc(NC(=O)c3cc(C=O)c4c(n3)C(C)(C)CC4)c2)CC(C#N)C1. The van der Waals surface area contributed by atoms with Crippen LogP contribution in [0.5, 0.6) is 0 Å². The number of nitrogens with zero attached hydrogens (tertiary/aromatic N) is 5. The van der Waals surface area contributed by atoms with Crippen LogP contribution in [0.2, 0.25) is 0 Å². The molecule has 3 aromatic rings. The highest BCUT2D eigenvalue weighted by molar-refractivity contribution is 6.04. The van der Waals surface area contributed by atoms with Crippen molar-refractivity contribution in [3.63, 3.8) is 0 Å². The quantitative estimate of drug-likeness (QED) is 0.549. The van der Waals surface area contributed by atoms with Crippen LogP contribution in [0.15, 0.2) is 36.7 Å². The van der Waals surface area contributed by atoms with Crippen LogP contribution < -0.4 is 5.32 Å². The van der Waals surface area contributed by atoms with Crippen molar-refractivity contribution in [3.8, 4) is 6.07 Å². The summed E-state index contributed by atoms with van der Waals surface area (Å²) >= 11 is 0. The zero-order valence-electron chi connectivity index (χ0n) is 20.2. The Morgan fingerprint density at radius 2 is 2.11 bits per heavy atom. The van der Waals surface area contributed by atoms with Gasteiger partial charge in [0.1, 0.15) is 24.1 Å². The second-order valence-electron chi connectivity index (χ2n) is 10.5. The number of aromatic nitrogens is 4. The molecule has 0 atom stereocenters. The molecule has 0 unspecified atom stereocenters. The molecule has 0 saturated heterocycles. The Balaban J connectivity index is 1.43. The number of hydrogen-bond donors (Lipinski definition) is 1. The van der Waals surface area contributed by atoms with Crippen molar-refractivity contribution in [2.75, 3.05) is 5.32 Å². The summed E-state index contributed by atoms with van der Waals surface area (Å²) < 4.78 is 1.90. The molecule has 5 rings (SSSR count). The molecule has 0 spiro atoms. The first kappa shape index (κ1) is 22.9. The fourth-order valence-corrected chi connectivity index (χ4v) is 5.54. The van der Waals surface area contributed by atoms with Crippen molar-refractivity contribution in [3.05, 3.63) is 70.6 Å². The van der Waals surface area contributed by atoms with Gasteiger partial charge in [0.05, 0.1) is 11.8 Å². The number of anilines is 1. The Labute approximate surface area is 204 Å². The number of rotatable bonds is 6. The van der Waals surface area contributed by atoms with Crippen LogP contribution in [0.4, 0.5) is 5.69 Å². The fourth-order valence-electron chi connectivity index (χ4n) is 5.54. The maximum absolute atomic E-state index is 13.2. The van der Waals surface area contributed by atoms with E-state index in [1.807, 2.05) is 35.9 Å². The molecule has 1 fully saturated rings. The van der Waals surface area contributed by atoms with Gasteiger partial charge in [0.15, 0.2) is 0 Å². The molecule has 1 aromatic carbocycles. The number of aldehydes is 1. The van der Waals surface area contributed by atoms with Gasteiger partial charge in [-0.1, -0.05) is 26.0 Å². The molecule has 1 amide bonds. The first-order valence-corrected chi connectivity index (χ1v) is 11.9. The minimum absolute atomic E-state index is 0.00204. The van der Waals surface area contributed by atoms with E-state index < -0.39 is 0 Å². The summed E-state index contributed by atoms with van der Waals surface area (Å²) in [6.07, 6.45) is 6.33. The van der Waals surface area contributed by atoms with Gasteiger partial charge in [-0.2, -0.15) is 5.26 Å². The number of fused-ring (bicyclic) bond motifs is 1. The number of hydrogen-bond acceptors (Lipinski definition) is 6. The minimum Gasteiger partial charge on any atom is -0.321 e. The maximum Gasteiger partial charge on any atom is 0.274 e. The Morgan fingerprint density at radius 1 is 1.31 bits per heavy atom. The molecule has 0 bridgehead atoms. The normalized spacial score (nSPS) is 22.1. The highest BCUT2D eigenvalue weighted by Gasteiger charge is 2.46. The summed E-state index contributed by atoms with van der Waals surface area (Å²) in [6.45, 7) is 4.19. The van der Waals surface area contributed by atoms with Gasteiger partial charge >= 0.3 is 0 Å². The lowest BCUT2D eigenvalue weighted by Crippen LogP contribution is -2.43. The molecule has 1 N–H and O–H groups in total. The van der Waals surface area contributed by atoms with E-state index in [0.29, 0.717) is 17.7 Å². The third kappa shape index (κ3) is 4.01. The van der Waals surface area contributed by atoms with Crippen LogP contribution in [0.3, 0.4) is 0 Å². The van der Waals surface area contributed by atoms with E-state index in [1.54, 1.807) is 12.4 Å². The van der Waals surface area contributed by atoms with E-state index in [2.05, 4.69) is 40.4 Å². The predicted octanol–water partition coefficient (Wildman–Crippen LogP) is 3.91. The molecule has 35 heavy (non-hydrogen) atoms. The fraction of sp³-hybridized carbons (Fsp3) is 0.407. The summed E-state index contributed by atoms with van der Waals surface area (Å²) in [7, 11) is 1.92. The highest BCUT2D eigenvalue weighted by Crippen LogP contribution is 2.50. The molecule has 2 heterocycles. The Hall–Kier alpha value is -3.86. The number of carbonyl (C=O) groups excluding carboxylic acids is 2. The molecule has 0 aliphatic heterocycles. The van der Waals surface area contributed by atoms with Gasteiger partial charge in [0, 0.05) is 41.5 Å². The molecule has 8 nitrogen and oxygen atoms in total. The summed E-state index contributed by atoms with van der Waals surface area (Å²) in [6, 6.07) is 11.7. The van der Waals surface area contributed by atoms with Gasteiger partial charge in [0.25, 0.3) is 5.91 Å². The lowest BCUT2D eigenvalue weighted by Gasteiger charge is -2.45. The molecular weight excluding hydrogens is 440 g/mol. The molecule has 2 aliphatic carbocycles. The Morgan fingerprint density at radius 3 is 2.80 bits per heavy atom. The molecule has 2 aromatic heterocycles. The van der Waals surface area contributed by atoms with E-state index in [0.717, 1.165) is 54.6 Å². The molecule has 8 heteroatoms. The zero-order chi connectivity index (χ0) is 24.8. The summed E-state index contributed by atoms with van der Waals surface area (Å²) in [5.41, 5.74) is 3.87. The van der Waals surface area contributed by atoms with Crippen LogP contribution >= 0.6 is 0 Å². The summed E-state index contributed by atoms with van der Waals surface area (Å²) in [5, 5.41) is 20.6. The van der Waals surface area contributed by atoms with Crippen LogP contribution in [0, 0.1) is 17.2 Å². The second kappa shape index (κ2) is 8.42. The van der Waals surface area contributed by atoms with E-state index in [-0.39, 0.29) is 28.3 Å². The monoisotopic (exact) mass is 468 g/mol. The van der Waals surface area contributed by atoms with Crippen molar-refractivity contribution in [1.29, 1.82) is 5.26 Å². The van der Waals surface area contributed by atoms with Crippen LogP contribution in [0.25, 0.3) is 0 Å². The highest BCUT2D eigenvalue weighted by atomic mass is 16.2. The number of nitriles is 1. The third-order valence-corrected chi connectivity index (χ3v) is 7.65. The molecular formula is C27H28N6O2. The molecule has 178 valence electrons. The predicted molar refractivity (Wildman–Crippen MR) is 130 cm³/mol. The van der Waals surface area contributed by atoms with Crippen molar-refractivity contribution < 1.29 is 9.59 Å². The van der Waals surface area contributed by atoms with Gasteiger partial charge < -0.3 is 9.88 Å². The standard InChI is InChI=1S/C27H28N6O2/c1-26(2)8-7-21-18(15-34)9-22(31-24(21)26)25(35)30-20-6-4-5-19(10-20)27(11-17(12-27)14-28)13-23-32-29-16-33(23)3/h4-6,9-10,15-17H,7-8,11-13H2,1-3H3,(H,30,35). The Bertz CT molecular complexity index is 1360. The lowest BCUT2D eigenvalue weighted by molar-refractivity contribution is 0.102. The number of nitrogens with one attached hydrogen (secondary N) is 1. The van der Waals surface area contributed by atoms with Crippen molar-refractivity contribution in [2.45, 2.75) is 56.8 Å². The number of pyridine rings is 1. The van der Waals surface area contributed by atoms with Crippen LogP contribution in [0.1, 0.15) is 76.6 Å². The molecule has 0 radical (unpaired) electrons. The van der Waals surface area contributed by atoms with Gasteiger partial charge in [-0.15, -0.1) is 10.2 Å². The molecule has 1 saturated carbocycles. The third-order valence-electron chi connectivity index (χ3n) is 7.65. The summed E-state index contributed by atoms with van der Waals surface area (Å²) in [5.74, 6) is 0.519. The summed E-state index contributed by atoms with van der Waals surface area (Å²) in [4.78, 5) is 29.6. The first-order valence-electron chi connectivity index (χ1n) is 11.9. The number of aryl methyl sites for hydroxylation is 1. The molecule has 2 aliphatic rings. The Kier molecular flexibility index (Phi) is 5.51. The number of benzene rings is 1. The van der Waals surface area contributed by atoms with Crippen molar-refractivity contribution in [1.82, 2.24) is 19.7 Å². The van der Waals surface area contributed by atoms with Gasteiger partial charge in [0.2, 0.25) is 0 Å². The van der Waals surface area contributed by atoms with Gasteiger partial charge in [-0.25, -0.2) is 4.98 Å². The number of amides is 1. The van der Waals surface area contributed by atoms with E-state index >= 15 is 0 Å². The van der Waals surface area contributed by atoms with Gasteiger partial charge in [-0.3, -0.25) is 9.59 Å². The van der Waals surface area contributed by atoms with E-state index in [4.69, 9.17) is 0 Å². The minimum atomic E-state index is -0.346. The average molecular weight is 469 g/mol. The van der Waals surface area contributed by atoms with E-state index in [1.165, 1.54) is 0 Å². The van der Waals surface area contributed by atoms with Crippen molar-refractivity contribution in [2.24, 2.45) is 13.0 Å². The van der Waals surface area contributed by atoms with Crippen molar-refractivity contribution >= 4 is 17.9 Å². The van der Waals surface area contributed by atoms with Gasteiger partial charge in [-0.05, 0) is 55.0 Å². The number of carbonyl (C=O) groups is 2. The zero-order valence-corrected chi connectivity index (χ0v) is 20.2. The van der Waals surface area contributed by atoms with Crippen LogP contribution in [-0.4, -0.2) is 31.9 Å². The van der Waals surface area contributed by atoms with E-state index in [9.17, 15) is 14.9 Å². The largest absolute Gasteiger partial charge is 0.321 e. The topological polar surface area (TPSA) is 114 Å².